The third-order valence-corrected chi connectivity index (χ3v) is 2.80. The van der Waals surface area contributed by atoms with Gasteiger partial charge in [-0.1, -0.05) is 13.3 Å². The number of ether oxygens (including phenoxy) is 4. The summed E-state index contributed by atoms with van der Waals surface area (Å²) in [7, 11) is 0. The van der Waals surface area contributed by atoms with Crippen molar-refractivity contribution in [3.63, 3.8) is 0 Å². The van der Waals surface area contributed by atoms with Gasteiger partial charge in [0.2, 0.25) is 11.5 Å². The molecular weight excluding hydrogens is 280 g/mol. The van der Waals surface area contributed by atoms with Crippen LogP contribution in [-0.2, 0) is 0 Å². The van der Waals surface area contributed by atoms with Crippen LogP contribution >= 0.6 is 0 Å². The fourth-order valence-electron chi connectivity index (χ4n) is 1.94. The Labute approximate surface area is 134 Å². The Hall–Kier alpha value is -1.58. The minimum atomic E-state index is 0.0274. The zero-order valence-electron chi connectivity index (χ0n) is 14.8. The molecule has 0 spiro atoms. The molecule has 1 aromatic carbocycles. The van der Waals surface area contributed by atoms with Gasteiger partial charge in [-0.05, 0) is 53.2 Å². The van der Waals surface area contributed by atoms with Gasteiger partial charge in [0.15, 0.2) is 11.5 Å². The predicted octanol–water partition coefficient (Wildman–Crippen LogP) is 4.84. The molecule has 0 amide bonds. The second-order valence-electron chi connectivity index (χ2n) is 5.69. The molecule has 0 aliphatic rings. The van der Waals surface area contributed by atoms with Gasteiger partial charge in [0.1, 0.15) is 0 Å². The van der Waals surface area contributed by atoms with E-state index in [1.807, 2.05) is 46.8 Å². The highest BCUT2D eigenvalue weighted by Gasteiger charge is 2.20. The molecule has 4 heteroatoms. The van der Waals surface area contributed by atoms with Crippen LogP contribution in [0.2, 0.25) is 0 Å². The van der Waals surface area contributed by atoms with Gasteiger partial charge in [-0.2, -0.15) is 0 Å². The van der Waals surface area contributed by atoms with Crippen molar-refractivity contribution in [3.8, 4) is 23.0 Å². The van der Waals surface area contributed by atoms with E-state index in [1.165, 1.54) is 0 Å². The van der Waals surface area contributed by atoms with E-state index in [9.17, 15) is 0 Å². The molecule has 1 rings (SSSR count). The molecular formula is C18H30O4. The molecule has 0 saturated carbocycles. The normalized spacial score (nSPS) is 10.9. The van der Waals surface area contributed by atoms with E-state index in [1.54, 1.807) is 0 Å². The van der Waals surface area contributed by atoms with Gasteiger partial charge in [-0.15, -0.1) is 0 Å². The summed E-state index contributed by atoms with van der Waals surface area (Å²) in [4.78, 5) is 0. The highest BCUT2D eigenvalue weighted by Crippen LogP contribution is 2.45. The monoisotopic (exact) mass is 310 g/mol. The lowest BCUT2D eigenvalue weighted by molar-refractivity contribution is 0.183. The van der Waals surface area contributed by atoms with Gasteiger partial charge in [-0.25, -0.2) is 0 Å². The van der Waals surface area contributed by atoms with Crippen LogP contribution in [0.1, 0.15) is 54.4 Å². The molecule has 1 aromatic rings. The molecule has 4 nitrogen and oxygen atoms in total. The van der Waals surface area contributed by atoms with Crippen molar-refractivity contribution in [1.29, 1.82) is 0 Å². The second-order valence-corrected chi connectivity index (χ2v) is 5.69. The van der Waals surface area contributed by atoms with Crippen molar-refractivity contribution in [2.75, 3.05) is 13.2 Å². The van der Waals surface area contributed by atoms with E-state index in [4.69, 9.17) is 18.9 Å². The Bertz CT molecular complexity index is 441. The Balaban J connectivity index is 3.17. The van der Waals surface area contributed by atoms with Crippen molar-refractivity contribution >= 4 is 0 Å². The molecule has 0 N–H and O–H groups in total. The molecule has 0 aromatic heterocycles. The summed E-state index contributed by atoms with van der Waals surface area (Å²) in [5.41, 5.74) is 0. The standard InChI is InChI=1S/C18H30O4/c1-7-9-12-20-15-10-11-16(21-13(3)4)18(22-14(5)6)17(15)19-8-2/h10-11,13-14H,7-9,12H2,1-6H3. The number of rotatable bonds is 10. The predicted molar refractivity (Wildman–Crippen MR) is 89.5 cm³/mol. The number of benzene rings is 1. The third-order valence-electron chi connectivity index (χ3n) is 2.80. The molecule has 0 saturated heterocycles. The van der Waals surface area contributed by atoms with Gasteiger partial charge in [0, 0.05) is 0 Å². The van der Waals surface area contributed by atoms with Crippen LogP contribution in [0.4, 0.5) is 0 Å². The summed E-state index contributed by atoms with van der Waals surface area (Å²) in [6.07, 6.45) is 2.19. The average Bonchev–Trinajstić information content (AvgIpc) is 2.44. The minimum Gasteiger partial charge on any atom is -0.490 e. The van der Waals surface area contributed by atoms with Crippen LogP contribution in [0, 0.1) is 0 Å². The van der Waals surface area contributed by atoms with Crippen LogP contribution in [0.3, 0.4) is 0 Å². The Morgan fingerprint density at radius 3 is 2.00 bits per heavy atom. The maximum Gasteiger partial charge on any atom is 0.207 e. The highest BCUT2D eigenvalue weighted by atomic mass is 16.6. The largest absolute Gasteiger partial charge is 0.490 e. The average molecular weight is 310 g/mol. The van der Waals surface area contributed by atoms with E-state index in [0.29, 0.717) is 36.2 Å². The summed E-state index contributed by atoms with van der Waals surface area (Å²) in [6.45, 7) is 13.3. The van der Waals surface area contributed by atoms with E-state index in [2.05, 4.69) is 6.92 Å². The molecule has 0 radical (unpaired) electrons. The van der Waals surface area contributed by atoms with Crippen molar-refractivity contribution in [3.05, 3.63) is 12.1 Å². The Morgan fingerprint density at radius 1 is 0.818 bits per heavy atom. The van der Waals surface area contributed by atoms with Gasteiger partial charge in [-0.3, -0.25) is 0 Å². The van der Waals surface area contributed by atoms with Crippen molar-refractivity contribution in [1.82, 2.24) is 0 Å². The van der Waals surface area contributed by atoms with Gasteiger partial charge >= 0.3 is 0 Å². The smallest absolute Gasteiger partial charge is 0.207 e. The fourth-order valence-corrected chi connectivity index (χ4v) is 1.94. The number of hydrogen-bond acceptors (Lipinski definition) is 4. The number of hydrogen-bond donors (Lipinski definition) is 0. The first kappa shape index (κ1) is 18.5. The first-order valence-electron chi connectivity index (χ1n) is 8.25. The zero-order chi connectivity index (χ0) is 16.5. The van der Waals surface area contributed by atoms with Crippen LogP contribution in [0.25, 0.3) is 0 Å². The SMILES string of the molecule is CCCCOc1ccc(OC(C)C)c(OC(C)C)c1OCC. The molecule has 0 bridgehead atoms. The highest BCUT2D eigenvalue weighted by molar-refractivity contribution is 5.59. The van der Waals surface area contributed by atoms with Gasteiger partial charge in [0.05, 0.1) is 25.4 Å². The summed E-state index contributed by atoms with van der Waals surface area (Å²) in [6, 6.07) is 3.78. The van der Waals surface area contributed by atoms with Crippen molar-refractivity contribution in [2.45, 2.75) is 66.6 Å². The first-order chi connectivity index (χ1) is 10.5. The van der Waals surface area contributed by atoms with Crippen LogP contribution in [0.5, 0.6) is 23.0 Å². The molecule has 22 heavy (non-hydrogen) atoms. The summed E-state index contributed by atoms with van der Waals surface area (Å²) >= 11 is 0. The maximum absolute atomic E-state index is 5.95. The topological polar surface area (TPSA) is 36.9 Å². The summed E-state index contributed by atoms with van der Waals surface area (Å²) < 4.78 is 23.4. The Kier molecular flexibility index (Phi) is 7.92. The minimum absolute atomic E-state index is 0.0274. The molecule has 0 heterocycles. The quantitative estimate of drug-likeness (QED) is 0.580. The van der Waals surface area contributed by atoms with Gasteiger partial charge in [0.25, 0.3) is 0 Å². The van der Waals surface area contributed by atoms with Crippen LogP contribution in [-0.4, -0.2) is 25.4 Å². The van der Waals surface area contributed by atoms with Crippen molar-refractivity contribution in [2.24, 2.45) is 0 Å². The summed E-state index contributed by atoms with van der Waals surface area (Å²) in [5, 5.41) is 0. The lowest BCUT2D eigenvalue weighted by Gasteiger charge is -2.22. The molecule has 0 aliphatic heterocycles. The molecule has 0 atom stereocenters. The van der Waals surface area contributed by atoms with E-state index in [0.717, 1.165) is 12.8 Å². The lowest BCUT2D eigenvalue weighted by Crippen LogP contribution is -2.13. The van der Waals surface area contributed by atoms with E-state index in [-0.39, 0.29) is 12.2 Å². The fraction of sp³-hybridized carbons (Fsp3) is 0.667. The van der Waals surface area contributed by atoms with E-state index < -0.39 is 0 Å². The third kappa shape index (κ3) is 5.66. The number of unbranched alkanes of at least 4 members (excludes halogenated alkanes) is 1. The molecule has 0 aliphatic carbocycles. The van der Waals surface area contributed by atoms with Crippen LogP contribution in [0.15, 0.2) is 12.1 Å². The Morgan fingerprint density at radius 2 is 1.45 bits per heavy atom. The molecule has 0 unspecified atom stereocenters. The maximum atomic E-state index is 5.95. The molecule has 0 fully saturated rings. The van der Waals surface area contributed by atoms with Crippen LogP contribution < -0.4 is 18.9 Å². The van der Waals surface area contributed by atoms with E-state index >= 15 is 0 Å². The molecule has 126 valence electrons. The summed E-state index contributed by atoms with van der Waals surface area (Å²) in [5.74, 6) is 2.65. The zero-order valence-corrected chi connectivity index (χ0v) is 14.8. The van der Waals surface area contributed by atoms with Crippen molar-refractivity contribution < 1.29 is 18.9 Å². The lowest BCUT2D eigenvalue weighted by atomic mass is 10.2. The first-order valence-corrected chi connectivity index (χ1v) is 8.25. The second kappa shape index (κ2) is 9.44. The van der Waals surface area contributed by atoms with Gasteiger partial charge < -0.3 is 18.9 Å².